The van der Waals surface area contributed by atoms with Crippen molar-refractivity contribution in [2.45, 2.75) is 13.8 Å². The zero-order valence-electron chi connectivity index (χ0n) is 14.1. The fraction of sp³-hybridized carbons (Fsp3) is 0.222. The van der Waals surface area contributed by atoms with Crippen LogP contribution in [0.3, 0.4) is 0 Å². The second-order valence-electron chi connectivity index (χ2n) is 5.53. The molecule has 0 unspecified atom stereocenters. The Bertz CT molecular complexity index is 916. The maximum Gasteiger partial charge on any atom is 0.264 e. The zero-order valence-corrected chi connectivity index (χ0v) is 16.5. The quantitative estimate of drug-likeness (QED) is 0.649. The Hall–Kier alpha value is -2.12. The van der Waals surface area contributed by atoms with Gasteiger partial charge in [0.15, 0.2) is 11.7 Å². The number of nitrogens with one attached hydrogen (secondary N) is 1. The number of hydrogen-bond acceptors (Lipinski definition) is 5. The second-order valence-corrected chi connectivity index (χ2v) is 7.48. The first-order valence-corrected chi connectivity index (χ1v) is 9.22. The van der Waals surface area contributed by atoms with E-state index in [0.717, 1.165) is 31.6 Å². The highest BCUT2D eigenvalue weighted by Crippen LogP contribution is 2.32. The third kappa shape index (κ3) is 3.93. The Balaban J connectivity index is 1.69. The molecule has 0 fully saturated rings. The van der Waals surface area contributed by atoms with Gasteiger partial charge in [-0.15, -0.1) is 0 Å². The number of aromatic nitrogens is 1. The molecule has 0 aliphatic heterocycles. The van der Waals surface area contributed by atoms with E-state index in [1.807, 2.05) is 44.2 Å². The van der Waals surface area contributed by atoms with Gasteiger partial charge in [0.2, 0.25) is 0 Å². The van der Waals surface area contributed by atoms with E-state index in [0.29, 0.717) is 10.9 Å². The highest BCUT2D eigenvalue weighted by Gasteiger charge is 2.13. The highest BCUT2D eigenvalue weighted by molar-refractivity contribution is 9.10. The van der Waals surface area contributed by atoms with E-state index in [9.17, 15) is 4.79 Å². The predicted molar refractivity (Wildman–Crippen MR) is 104 cm³/mol. The molecule has 0 saturated heterocycles. The summed E-state index contributed by atoms with van der Waals surface area (Å²) in [6.45, 7) is 3.83. The summed E-state index contributed by atoms with van der Waals surface area (Å²) in [7, 11) is 1.60. The molecule has 1 aromatic heterocycles. The molecule has 130 valence electrons. The lowest BCUT2D eigenvalue weighted by molar-refractivity contribution is -0.118. The molecule has 0 bridgehead atoms. The molecular formula is C18H17BrN2O3S. The normalized spacial score (nSPS) is 10.7. The maximum absolute atomic E-state index is 12.2. The Morgan fingerprint density at radius 2 is 2.00 bits per heavy atom. The van der Waals surface area contributed by atoms with Crippen LogP contribution in [-0.2, 0) is 4.79 Å². The predicted octanol–water partition coefficient (Wildman–Crippen LogP) is 4.70. The van der Waals surface area contributed by atoms with Crippen molar-refractivity contribution >= 4 is 48.5 Å². The molecule has 0 saturated carbocycles. The number of ether oxygens (including phenoxy) is 2. The summed E-state index contributed by atoms with van der Waals surface area (Å²) in [5, 5.41) is 3.31. The molecule has 5 nitrogen and oxygen atoms in total. The van der Waals surface area contributed by atoms with Gasteiger partial charge in [0.1, 0.15) is 17.0 Å². The number of rotatable bonds is 5. The SMILES string of the molecule is COc1cccc2sc(NC(=O)COc3c(C)cc(Br)cc3C)nc12. The number of halogens is 1. The minimum absolute atomic E-state index is 0.0730. The number of aryl methyl sites for hydroxylation is 2. The molecule has 3 aromatic rings. The number of thiazole rings is 1. The molecule has 0 spiro atoms. The van der Waals surface area contributed by atoms with Gasteiger partial charge in [-0.05, 0) is 49.2 Å². The van der Waals surface area contributed by atoms with Crippen LogP contribution >= 0.6 is 27.3 Å². The topological polar surface area (TPSA) is 60.5 Å². The molecule has 25 heavy (non-hydrogen) atoms. The average molecular weight is 421 g/mol. The summed E-state index contributed by atoms with van der Waals surface area (Å²) < 4.78 is 12.9. The number of hydrogen-bond donors (Lipinski definition) is 1. The van der Waals surface area contributed by atoms with Gasteiger partial charge in [-0.25, -0.2) is 4.98 Å². The highest BCUT2D eigenvalue weighted by atomic mass is 79.9. The lowest BCUT2D eigenvalue weighted by Gasteiger charge is -2.12. The number of fused-ring (bicyclic) bond motifs is 1. The van der Waals surface area contributed by atoms with Crippen molar-refractivity contribution in [2.24, 2.45) is 0 Å². The number of amides is 1. The summed E-state index contributed by atoms with van der Waals surface area (Å²) in [4.78, 5) is 16.6. The van der Waals surface area contributed by atoms with Crippen molar-refractivity contribution in [2.75, 3.05) is 19.0 Å². The number of para-hydroxylation sites is 1. The number of carbonyl (C=O) groups is 1. The molecule has 0 aliphatic carbocycles. The minimum atomic E-state index is -0.250. The lowest BCUT2D eigenvalue weighted by atomic mass is 10.1. The minimum Gasteiger partial charge on any atom is -0.494 e. The van der Waals surface area contributed by atoms with E-state index in [-0.39, 0.29) is 12.5 Å². The molecule has 0 aliphatic rings. The molecule has 1 heterocycles. The number of nitrogens with zero attached hydrogens (tertiary/aromatic N) is 1. The van der Waals surface area contributed by atoms with E-state index >= 15 is 0 Å². The number of benzene rings is 2. The molecule has 3 rings (SSSR count). The van der Waals surface area contributed by atoms with Crippen molar-refractivity contribution in [1.82, 2.24) is 4.98 Å². The van der Waals surface area contributed by atoms with E-state index in [1.54, 1.807) is 7.11 Å². The van der Waals surface area contributed by atoms with Crippen LogP contribution in [0.5, 0.6) is 11.5 Å². The number of methoxy groups -OCH3 is 1. The third-order valence-corrected chi connectivity index (χ3v) is 5.01. The number of carbonyl (C=O) groups excluding carboxylic acids is 1. The van der Waals surface area contributed by atoms with Gasteiger partial charge < -0.3 is 9.47 Å². The van der Waals surface area contributed by atoms with Gasteiger partial charge in [0.25, 0.3) is 5.91 Å². The first kappa shape index (κ1) is 17.7. The average Bonchev–Trinajstić information content (AvgIpc) is 2.95. The molecule has 7 heteroatoms. The van der Waals surface area contributed by atoms with Crippen LogP contribution in [0.15, 0.2) is 34.8 Å². The molecule has 0 radical (unpaired) electrons. The smallest absolute Gasteiger partial charge is 0.264 e. The van der Waals surface area contributed by atoms with Crippen LogP contribution in [-0.4, -0.2) is 24.6 Å². The van der Waals surface area contributed by atoms with E-state index in [4.69, 9.17) is 9.47 Å². The monoisotopic (exact) mass is 420 g/mol. The first-order chi connectivity index (χ1) is 12.0. The summed E-state index contributed by atoms with van der Waals surface area (Å²) in [6.07, 6.45) is 0. The molecule has 1 amide bonds. The van der Waals surface area contributed by atoms with Gasteiger partial charge >= 0.3 is 0 Å². The van der Waals surface area contributed by atoms with Crippen molar-refractivity contribution in [3.05, 3.63) is 45.9 Å². The Morgan fingerprint density at radius 1 is 1.28 bits per heavy atom. The van der Waals surface area contributed by atoms with Gasteiger partial charge in [0.05, 0.1) is 11.8 Å². The molecule has 2 aromatic carbocycles. The first-order valence-electron chi connectivity index (χ1n) is 7.61. The fourth-order valence-electron chi connectivity index (χ4n) is 2.56. The van der Waals surface area contributed by atoms with Crippen LogP contribution < -0.4 is 14.8 Å². The van der Waals surface area contributed by atoms with E-state index < -0.39 is 0 Å². The van der Waals surface area contributed by atoms with Gasteiger partial charge in [-0.2, -0.15) is 0 Å². The second kappa shape index (κ2) is 7.41. The Kier molecular flexibility index (Phi) is 5.24. The van der Waals surface area contributed by atoms with Crippen molar-refractivity contribution < 1.29 is 14.3 Å². The molecule has 0 atom stereocenters. The van der Waals surface area contributed by atoms with Crippen molar-refractivity contribution in [3.63, 3.8) is 0 Å². The van der Waals surface area contributed by atoms with E-state index in [2.05, 4.69) is 26.2 Å². The Morgan fingerprint density at radius 3 is 2.68 bits per heavy atom. The largest absolute Gasteiger partial charge is 0.494 e. The third-order valence-electron chi connectivity index (χ3n) is 3.62. The van der Waals surface area contributed by atoms with Gasteiger partial charge in [-0.3, -0.25) is 10.1 Å². The van der Waals surface area contributed by atoms with Gasteiger partial charge in [0, 0.05) is 4.47 Å². The van der Waals surface area contributed by atoms with Crippen LogP contribution in [0, 0.1) is 13.8 Å². The van der Waals surface area contributed by atoms with Crippen LogP contribution in [0.2, 0.25) is 0 Å². The summed E-state index contributed by atoms with van der Waals surface area (Å²) in [5.41, 5.74) is 2.69. The lowest BCUT2D eigenvalue weighted by Crippen LogP contribution is -2.20. The van der Waals surface area contributed by atoms with Crippen LogP contribution in [0.25, 0.3) is 10.2 Å². The Labute approximate surface area is 158 Å². The van der Waals surface area contributed by atoms with Crippen LogP contribution in [0.1, 0.15) is 11.1 Å². The maximum atomic E-state index is 12.2. The molecule has 1 N–H and O–H groups in total. The zero-order chi connectivity index (χ0) is 18.0. The summed E-state index contributed by atoms with van der Waals surface area (Å²) >= 11 is 4.85. The van der Waals surface area contributed by atoms with Crippen molar-refractivity contribution in [3.8, 4) is 11.5 Å². The number of anilines is 1. The van der Waals surface area contributed by atoms with Crippen LogP contribution in [0.4, 0.5) is 5.13 Å². The standard InChI is InChI=1S/C18H17BrN2O3S/c1-10-7-12(19)8-11(2)17(10)24-9-15(22)20-18-21-16-13(23-3)5-4-6-14(16)25-18/h4-8H,9H2,1-3H3,(H,20,21,22). The van der Waals surface area contributed by atoms with E-state index in [1.165, 1.54) is 11.3 Å². The van der Waals surface area contributed by atoms with Crippen molar-refractivity contribution in [1.29, 1.82) is 0 Å². The molecular weight excluding hydrogens is 404 g/mol. The van der Waals surface area contributed by atoms with Gasteiger partial charge in [-0.1, -0.05) is 33.3 Å². The fourth-order valence-corrected chi connectivity index (χ4v) is 4.15. The summed E-state index contributed by atoms with van der Waals surface area (Å²) in [6, 6.07) is 9.60. The summed E-state index contributed by atoms with van der Waals surface area (Å²) in [5.74, 6) is 1.16.